The molecule has 1 fully saturated rings. The van der Waals surface area contributed by atoms with Gasteiger partial charge in [-0.05, 0) is 52.9 Å². The number of piperazine rings is 1. The molecule has 180 valence electrons. The highest BCUT2D eigenvalue weighted by atomic mass is 16.7. The van der Waals surface area contributed by atoms with Crippen molar-refractivity contribution in [2.24, 2.45) is 0 Å². The van der Waals surface area contributed by atoms with Gasteiger partial charge in [0.25, 0.3) is 0 Å². The summed E-state index contributed by atoms with van der Waals surface area (Å²) in [6.07, 6.45) is 0. The number of fused-ring (bicyclic) bond motifs is 1. The van der Waals surface area contributed by atoms with Gasteiger partial charge >= 0.3 is 0 Å². The van der Waals surface area contributed by atoms with E-state index in [2.05, 4.69) is 32.2 Å². The molecule has 0 N–H and O–H groups in total. The van der Waals surface area contributed by atoms with Gasteiger partial charge in [0.05, 0.1) is 20.8 Å². The highest BCUT2D eigenvalue weighted by Crippen LogP contribution is 2.37. The van der Waals surface area contributed by atoms with Gasteiger partial charge in [-0.3, -0.25) is 4.90 Å². The van der Waals surface area contributed by atoms with Crippen LogP contribution in [0.1, 0.15) is 29.9 Å². The largest absolute Gasteiger partial charge is 0.497 e. The lowest BCUT2D eigenvalue weighted by Gasteiger charge is -2.38. The molecule has 1 atom stereocenters. The van der Waals surface area contributed by atoms with Crippen LogP contribution in [-0.2, 0) is 6.54 Å². The van der Waals surface area contributed by atoms with Gasteiger partial charge in [0.15, 0.2) is 17.3 Å². The zero-order valence-electron chi connectivity index (χ0n) is 19.8. The average Bonchev–Trinajstić information content (AvgIpc) is 3.54. The standard InChI is InChI=1S/C24H30N6O4/c1-4-28-9-11-29(12-10-28)23(19-14-18(31-2)6-8-20(19)32-3)24-25-26-27-30(24)15-17-5-7-21-22(13-17)34-16-33-21/h5-8,13-14,23H,4,9-12,15-16H2,1-3H3. The first-order chi connectivity index (χ1) is 16.7. The maximum absolute atomic E-state index is 5.76. The smallest absolute Gasteiger partial charge is 0.231 e. The Balaban J connectivity index is 1.52. The molecule has 2 aliphatic heterocycles. The van der Waals surface area contributed by atoms with Crippen LogP contribution in [-0.4, -0.2) is 83.7 Å². The SMILES string of the molecule is CCN1CCN(C(c2cc(OC)ccc2OC)c2nnnn2Cc2ccc3c(c2)OCO3)CC1. The second-order valence-corrected chi connectivity index (χ2v) is 8.36. The van der Waals surface area contributed by atoms with Crippen LogP contribution >= 0.6 is 0 Å². The minimum Gasteiger partial charge on any atom is -0.497 e. The Morgan fingerprint density at radius 2 is 1.79 bits per heavy atom. The molecule has 0 aliphatic carbocycles. The summed E-state index contributed by atoms with van der Waals surface area (Å²) in [5.74, 6) is 3.81. The molecule has 1 aromatic heterocycles. The van der Waals surface area contributed by atoms with Crippen LogP contribution in [0.25, 0.3) is 0 Å². The fourth-order valence-electron chi connectivity index (χ4n) is 4.62. The summed E-state index contributed by atoms with van der Waals surface area (Å²) in [5, 5.41) is 12.9. The summed E-state index contributed by atoms with van der Waals surface area (Å²) in [4.78, 5) is 4.87. The molecule has 2 aliphatic rings. The molecule has 1 unspecified atom stereocenters. The molecule has 10 nitrogen and oxygen atoms in total. The molecule has 3 aromatic rings. The zero-order valence-corrected chi connectivity index (χ0v) is 19.8. The van der Waals surface area contributed by atoms with Crippen LogP contribution in [0.3, 0.4) is 0 Å². The molecule has 5 rings (SSSR count). The van der Waals surface area contributed by atoms with Crippen LogP contribution in [0.4, 0.5) is 0 Å². The van der Waals surface area contributed by atoms with Gasteiger partial charge in [-0.1, -0.05) is 13.0 Å². The monoisotopic (exact) mass is 466 g/mol. The van der Waals surface area contributed by atoms with Gasteiger partial charge in [0.2, 0.25) is 6.79 Å². The van der Waals surface area contributed by atoms with Crippen molar-refractivity contribution in [3.05, 3.63) is 53.3 Å². The lowest BCUT2D eigenvalue weighted by Crippen LogP contribution is -2.48. The molecule has 0 radical (unpaired) electrons. The topological polar surface area (TPSA) is 87.0 Å². The van der Waals surface area contributed by atoms with Gasteiger partial charge in [0, 0.05) is 31.7 Å². The van der Waals surface area contributed by atoms with Crippen molar-refractivity contribution in [3.8, 4) is 23.0 Å². The fraction of sp³-hybridized carbons (Fsp3) is 0.458. The van der Waals surface area contributed by atoms with E-state index in [0.717, 1.165) is 72.7 Å². The second kappa shape index (κ2) is 9.86. The minimum absolute atomic E-state index is 0.187. The molecule has 0 amide bonds. The molecule has 34 heavy (non-hydrogen) atoms. The number of hydrogen-bond donors (Lipinski definition) is 0. The van der Waals surface area contributed by atoms with Crippen LogP contribution in [0.15, 0.2) is 36.4 Å². The van der Waals surface area contributed by atoms with Crippen molar-refractivity contribution in [2.45, 2.75) is 19.5 Å². The van der Waals surface area contributed by atoms with E-state index in [4.69, 9.17) is 18.9 Å². The number of tetrazole rings is 1. The normalized spacial score (nSPS) is 17.0. The van der Waals surface area contributed by atoms with Crippen molar-refractivity contribution < 1.29 is 18.9 Å². The van der Waals surface area contributed by atoms with Gasteiger partial charge in [-0.2, -0.15) is 0 Å². The van der Waals surface area contributed by atoms with Gasteiger partial charge < -0.3 is 23.8 Å². The van der Waals surface area contributed by atoms with Crippen LogP contribution in [0, 0.1) is 0 Å². The maximum Gasteiger partial charge on any atom is 0.231 e. The summed E-state index contributed by atoms with van der Waals surface area (Å²) >= 11 is 0. The molecular formula is C24H30N6O4. The molecule has 0 saturated carbocycles. The maximum atomic E-state index is 5.76. The van der Waals surface area contributed by atoms with Crippen LogP contribution < -0.4 is 18.9 Å². The van der Waals surface area contributed by atoms with E-state index >= 15 is 0 Å². The van der Waals surface area contributed by atoms with Gasteiger partial charge in [0.1, 0.15) is 17.5 Å². The van der Waals surface area contributed by atoms with Crippen molar-refractivity contribution >= 4 is 0 Å². The summed E-state index contributed by atoms with van der Waals surface area (Å²) in [6.45, 7) is 7.78. The third-order valence-corrected chi connectivity index (χ3v) is 6.52. The Labute approximate surface area is 199 Å². The number of ether oxygens (including phenoxy) is 4. The Morgan fingerprint density at radius 1 is 0.971 bits per heavy atom. The Bertz CT molecular complexity index is 1130. The summed E-state index contributed by atoms with van der Waals surface area (Å²) in [5.41, 5.74) is 2.01. The van der Waals surface area contributed by atoms with E-state index in [0.29, 0.717) is 6.54 Å². The molecule has 0 bridgehead atoms. The highest BCUT2D eigenvalue weighted by molar-refractivity contribution is 5.46. The third-order valence-electron chi connectivity index (χ3n) is 6.52. The molecule has 1 saturated heterocycles. The number of methoxy groups -OCH3 is 2. The lowest BCUT2D eigenvalue weighted by molar-refractivity contribution is 0.107. The summed E-state index contributed by atoms with van der Waals surface area (Å²) < 4.78 is 24.2. The minimum atomic E-state index is -0.187. The molecule has 2 aromatic carbocycles. The summed E-state index contributed by atoms with van der Waals surface area (Å²) in [7, 11) is 3.36. The number of likely N-dealkylation sites (N-methyl/N-ethyl adjacent to an activating group) is 1. The predicted octanol–water partition coefficient (Wildman–Crippen LogP) is 2.19. The van der Waals surface area contributed by atoms with E-state index < -0.39 is 0 Å². The first-order valence-corrected chi connectivity index (χ1v) is 11.5. The number of nitrogens with zero attached hydrogens (tertiary/aromatic N) is 6. The first kappa shape index (κ1) is 22.4. The van der Waals surface area contributed by atoms with Crippen molar-refractivity contribution in [1.29, 1.82) is 0 Å². The Kier molecular flexibility index (Phi) is 6.50. The molecular weight excluding hydrogens is 436 g/mol. The first-order valence-electron chi connectivity index (χ1n) is 11.5. The van der Waals surface area contributed by atoms with Gasteiger partial charge in [-0.25, -0.2) is 4.68 Å². The number of aromatic nitrogens is 4. The van der Waals surface area contributed by atoms with E-state index in [1.807, 2.05) is 41.1 Å². The van der Waals surface area contributed by atoms with Crippen LogP contribution in [0.2, 0.25) is 0 Å². The molecule has 10 heteroatoms. The average molecular weight is 467 g/mol. The Morgan fingerprint density at radius 3 is 2.56 bits per heavy atom. The van der Waals surface area contributed by atoms with Crippen molar-refractivity contribution in [2.75, 3.05) is 53.7 Å². The number of hydrogen-bond acceptors (Lipinski definition) is 9. The zero-order chi connectivity index (χ0) is 23.5. The predicted molar refractivity (Wildman–Crippen MR) is 125 cm³/mol. The van der Waals surface area contributed by atoms with Gasteiger partial charge in [-0.15, -0.1) is 5.10 Å². The number of rotatable bonds is 8. The second-order valence-electron chi connectivity index (χ2n) is 8.36. The third kappa shape index (κ3) is 4.38. The van der Waals surface area contributed by atoms with Crippen LogP contribution in [0.5, 0.6) is 23.0 Å². The van der Waals surface area contributed by atoms with E-state index in [9.17, 15) is 0 Å². The highest BCUT2D eigenvalue weighted by Gasteiger charge is 2.33. The molecule has 0 spiro atoms. The quantitative estimate of drug-likeness (QED) is 0.496. The lowest BCUT2D eigenvalue weighted by atomic mass is 10.0. The van der Waals surface area contributed by atoms with Crippen molar-refractivity contribution in [1.82, 2.24) is 30.0 Å². The van der Waals surface area contributed by atoms with Crippen molar-refractivity contribution in [3.63, 3.8) is 0 Å². The van der Waals surface area contributed by atoms with E-state index in [1.54, 1.807) is 14.2 Å². The van der Waals surface area contributed by atoms with E-state index in [-0.39, 0.29) is 12.8 Å². The molecule has 3 heterocycles. The fourth-order valence-corrected chi connectivity index (χ4v) is 4.62. The number of benzene rings is 2. The Hall–Kier alpha value is -3.37. The van der Waals surface area contributed by atoms with E-state index in [1.165, 1.54) is 0 Å². The summed E-state index contributed by atoms with van der Waals surface area (Å²) in [6, 6.07) is 11.6.